The number of nitrogens with zero attached hydrogens (tertiary/aromatic N) is 1. The molecule has 0 spiro atoms. The number of carbonyl (C=O) groups is 1. The Balaban J connectivity index is 4.55. The van der Waals surface area contributed by atoms with Crippen LogP contribution in [-0.4, -0.2) is 68.5 Å². The summed E-state index contributed by atoms with van der Waals surface area (Å²) in [6, 6.07) is -0.914. The molecule has 252 valence electrons. The van der Waals surface area contributed by atoms with E-state index in [0.29, 0.717) is 17.4 Å². The Labute approximate surface area is 268 Å². The number of allylic oxidation sites excluding steroid dienone is 11. The minimum Gasteiger partial charge on any atom is -0.756 e. The van der Waals surface area contributed by atoms with Crippen molar-refractivity contribution >= 4 is 13.7 Å². The number of amides is 1. The maximum Gasteiger partial charge on any atom is 0.268 e. The second kappa shape index (κ2) is 27.3. The molecule has 2 N–H and O–H groups in total. The van der Waals surface area contributed by atoms with Gasteiger partial charge in [0.05, 0.1) is 39.9 Å². The Morgan fingerprint density at radius 2 is 1.36 bits per heavy atom. The van der Waals surface area contributed by atoms with Gasteiger partial charge in [-0.15, -0.1) is 0 Å². The molecule has 0 saturated heterocycles. The summed E-state index contributed by atoms with van der Waals surface area (Å²) in [6.07, 6.45) is 34.2. The van der Waals surface area contributed by atoms with Gasteiger partial charge in [-0.25, -0.2) is 0 Å². The standard InChI is InChI=1S/C35H61N2O6P/c1-6-8-10-12-13-14-15-16-17-18-19-20-21-22-23-25-27-29-35(39)36-33(34(38)28-26-24-11-9-7-2)32-43-44(40,41)42-31-30-37(3,4)5/h8,10,13-14,16-17,19-20,22-23,26,28,33-34,38H,6-7,9,11-12,15,18,21,24-25,27,29-32H2,1-5H3,(H-,36,39,40,41)/b10-8-,14-13-,17-16-,20-19-,23-22-,28-26+. The predicted molar refractivity (Wildman–Crippen MR) is 182 cm³/mol. The zero-order valence-electron chi connectivity index (χ0n) is 28.1. The predicted octanol–water partition coefficient (Wildman–Crippen LogP) is 7.10. The molecule has 0 bridgehead atoms. The van der Waals surface area contributed by atoms with Crippen LogP contribution in [0.1, 0.15) is 90.9 Å². The zero-order valence-corrected chi connectivity index (χ0v) is 29.0. The van der Waals surface area contributed by atoms with Gasteiger partial charge in [-0.1, -0.05) is 99.6 Å². The highest BCUT2D eigenvalue weighted by molar-refractivity contribution is 7.45. The fraction of sp³-hybridized carbons (Fsp3) is 0.629. The number of carbonyl (C=O) groups excluding carboxylic acids is 1. The summed E-state index contributed by atoms with van der Waals surface area (Å²) in [4.78, 5) is 24.9. The number of aliphatic hydroxyl groups excluding tert-OH is 1. The molecule has 9 heteroatoms. The maximum absolute atomic E-state index is 12.6. The molecule has 0 aliphatic heterocycles. The quantitative estimate of drug-likeness (QED) is 0.0431. The summed E-state index contributed by atoms with van der Waals surface area (Å²) in [5.74, 6) is -0.268. The van der Waals surface area contributed by atoms with Gasteiger partial charge in [0.25, 0.3) is 7.82 Å². The lowest BCUT2D eigenvalue weighted by atomic mass is 10.1. The highest BCUT2D eigenvalue weighted by Crippen LogP contribution is 2.38. The maximum atomic E-state index is 12.6. The molecule has 3 unspecified atom stereocenters. The first kappa shape index (κ1) is 41.9. The summed E-state index contributed by atoms with van der Waals surface area (Å²) in [6.45, 7) is 4.31. The van der Waals surface area contributed by atoms with Crippen molar-refractivity contribution in [3.8, 4) is 0 Å². The largest absolute Gasteiger partial charge is 0.756 e. The van der Waals surface area contributed by atoms with Gasteiger partial charge in [0.2, 0.25) is 5.91 Å². The van der Waals surface area contributed by atoms with Crippen molar-refractivity contribution < 1.29 is 32.9 Å². The molecular formula is C35H61N2O6P. The number of quaternary nitrogens is 1. The van der Waals surface area contributed by atoms with Crippen LogP contribution in [-0.2, 0) is 18.4 Å². The van der Waals surface area contributed by atoms with Gasteiger partial charge < -0.3 is 28.8 Å². The molecule has 0 rings (SSSR count). The minimum absolute atomic E-state index is 0.0169. The topological polar surface area (TPSA) is 108 Å². The Morgan fingerprint density at radius 3 is 1.91 bits per heavy atom. The second-order valence-electron chi connectivity index (χ2n) is 11.8. The van der Waals surface area contributed by atoms with E-state index in [9.17, 15) is 19.4 Å². The summed E-state index contributed by atoms with van der Waals surface area (Å²) in [5.41, 5.74) is 0. The molecule has 0 aliphatic carbocycles. The summed E-state index contributed by atoms with van der Waals surface area (Å²) < 4.78 is 22.8. The van der Waals surface area contributed by atoms with Crippen LogP contribution in [0.5, 0.6) is 0 Å². The summed E-state index contributed by atoms with van der Waals surface area (Å²) in [5, 5.41) is 13.4. The van der Waals surface area contributed by atoms with Crippen LogP contribution in [0.25, 0.3) is 0 Å². The second-order valence-corrected chi connectivity index (χ2v) is 13.2. The average molecular weight is 637 g/mol. The van der Waals surface area contributed by atoms with E-state index in [-0.39, 0.29) is 18.9 Å². The molecule has 0 saturated carbocycles. The molecule has 0 aromatic rings. The van der Waals surface area contributed by atoms with Crippen LogP contribution in [0.2, 0.25) is 0 Å². The first-order valence-corrected chi connectivity index (χ1v) is 17.8. The molecule has 1 amide bonds. The summed E-state index contributed by atoms with van der Waals surface area (Å²) in [7, 11) is 1.20. The van der Waals surface area contributed by atoms with E-state index in [1.807, 2.05) is 27.2 Å². The number of likely N-dealkylation sites (N-methyl/N-ethyl adjacent to an activating group) is 1. The van der Waals surface area contributed by atoms with Gasteiger partial charge in [0, 0.05) is 6.42 Å². The molecule has 3 atom stereocenters. The Morgan fingerprint density at radius 1 is 0.818 bits per heavy atom. The number of rotatable bonds is 27. The van der Waals surface area contributed by atoms with Gasteiger partial charge in [-0.05, 0) is 57.8 Å². The molecule has 0 aliphatic rings. The van der Waals surface area contributed by atoms with Crippen molar-refractivity contribution in [2.75, 3.05) is 40.9 Å². The van der Waals surface area contributed by atoms with E-state index in [0.717, 1.165) is 64.2 Å². The van der Waals surface area contributed by atoms with Crippen LogP contribution >= 0.6 is 7.82 Å². The van der Waals surface area contributed by atoms with Crippen LogP contribution in [0.15, 0.2) is 72.9 Å². The SMILES string of the molecule is CC/C=C\C/C=C\C/C=C\C/C=C\C/C=C\CCCC(=O)NC(COP(=O)([O-])OCC[N+](C)(C)C)C(O)/C=C/CCCCC. The zero-order chi connectivity index (χ0) is 32.9. The van der Waals surface area contributed by atoms with E-state index in [4.69, 9.17) is 9.05 Å². The van der Waals surface area contributed by atoms with Gasteiger partial charge >= 0.3 is 0 Å². The molecule has 0 aromatic carbocycles. The fourth-order valence-corrected chi connectivity index (χ4v) is 4.49. The molecule has 0 fully saturated rings. The van der Waals surface area contributed by atoms with E-state index in [2.05, 4.69) is 79.9 Å². The number of phosphoric ester groups is 1. The normalized spacial score (nSPS) is 15.9. The Bertz CT molecular complexity index is 949. The van der Waals surface area contributed by atoms with Crippen LogP contribution in [0, 0.1) is 0 Å². The van der Waals surface area contributed by atoms with Crippen molar-refractivity contribution in [3.05, 3.63) is 72.9 Å². The first-order chi connectivity index (χ1) is 21.0. The van der Waals surface area contributed by atoms with E-state index >= 15 is 0 Å². The van der Waals surface area contributed by atoms with Gasteiger partial charge in [-0.2, -0.15) is 0 Å². The fourth-order valence-electron chi connectivity index (χ4n) is 3.77. The lowest BCUT2D eigenvalue weighted by molar-refractivity contribution is -0.870. The molecule has 0 heterocycles. The van der Waals surface area contributed by atoms with Gasteiger partial charge in [0.15, 0.2) is 0 Å². The molecule has 8 nitrogen and oxygen atoms in total. The monoisotopic (exact) mass is 636 g/mol. The highest BCUT2D eigenvalue weighted by atomic mass is 31.2. The third-order valence-electron chi connectivity index (χ3n) is 6.42. The third kappa shape index (κ3) is 28.7. The number of aliphatic hydroxyl groups is 1. The van der Waals surface area contributed by atoms with E-state index in [1.165, 1.54) is 0 Å². The van der Waals surface area contributed by atoms with Gasteiger partial charge in [-0.3, -0.25) is 9.36 Å². The number of phosphoric acid groups is 1. The van der Waals surface area contributed by atoms with Crippen LogP contribution < -0.4 is 10.2 Å². The number of hydrogen-bond donors (Lipinski definition) is 2. The lowest BCUT2D eigenvalue weighted by Crippen LogP contribution is -2.45. The van der Waals surface area contributed by atoms with E-state index in [1.54, 1.807) is 6.08 Å². The molecular weight excluding hydrogens is 575 g/mol. The average Bonchev–Trinajstić information content (AvgIpc) is 2.95. The van der Waals surface area contributed by atoms with Crippen molar-refractivity contribution in [2.45, 2.75) is 103 Å². The van der Waals surface area contributed by atoms with Crippen molar-refractivity contribution in [2.24, 2.45) is 0 Å². The van der Waals surface area contributed by atoms with Gasteiger partial charge in [0.1, 0.15) is 13.2 Å². The molecule has 0 aromatic heterocycles. The number of unbranched alkanes of at least 4 members (excludes halogenated alkanes) is 4. The first-order valence-electron chi connectivity index (χ1n) is 16.3. The van der Waals surface area contributed by atoms with Crippen LogP contribution in [0.4, 0.5) is 0 Å². The van der Waals surface area contributed by atoms with Crippen LogP contribution in [0.3, 0.4) is 0 Å². The third-order valence-corrected chi connectivity index (χ3v) is 7.39. The summed E-state index contributed by atoms with van der Waals surface area (Å²) >= 11 is 0. The number of hydrogen-bond acceptors (Lipinski definition) is 6. The lowest BCUT2D eigenvalue weighted by Gasteiger charge is -2.29. The number of nitrogens with one attached hydrogen (secondary N) is 1. The molecule has 44 heavy (non-hydrogen) atoms. The smallest absolute Gasteiger partial charge is 0.268 e. The Kier molecular flexibility index (Phi) is 26.0. The van der Waals surface area contributed by atoms with E-state index < -0.39 is 26.6 Å². The van der Waals surface area contributed by atoms with Crippen molar-refractivity contribution in [3.63, 3.8) is 0 Å². The Hall–Kier alpha value is -2.06. The van der Waals surface area contributed by atoms with Crippen molar-refractivity contribution in [1.29, 1.82) is 0 Å². The highest BCUT2D eigenvalue weighted by Gasteiger charge is 2.23. The minimum atomic E-state index is -4.58. The molecule has 0 radical (unpaired) electrons. The van der Waals surface area contributed by atoms with Crippen molar-refractivity contribution in [1.82, 2.24) is 5.32 Å².